The molecule has 0 unspecified atom stereocenters. The second-order valence-electron chi connectivity index (χ2n) is 4.63. The smallest absolute Gasteiger partial charge is 0.144 e. The van der Waals surface area contributed by atoms with E-state index in [1.807, 2.05) is 25.2 Å². The van der Waals surface area contributed by atoms with Crippen molar-refractivity contribution in [2.24, 2.45) is 0 Å². The molecule has 2 rings (SSSR count). The predicted molar refractivity (Wildman–Crippen MR) is 92.5 cm³/mol. The third-order valence-electron chi connectivity index (χ3n) is 3.09. The van der Waals surface area contributed by atoms with Crippen LogP contribution in [0.25, 0.3) is 0 Å². The van der Waals surface area contributed by atoms with E-state index in [2.05, 4.69) is 38.1 Å². The predicted octanol–water partition coefficient (Wildman–Crippen LogP) is 5.13. The number of hydrogen-bond acceptors (Lipinski definition) is 3. The molecule has 0 saturated carbocycles. The molecule has 21 heavy (non-hydrogen) atoms. The molecule has 1 heterocycles. The van der Waals surface area contributed by atoms with E-state index in [-0.39, 0.29) is 0 Å². The van der Waals surface area contributed by atoms with Crippen molar-refractivity contribution in [2.45, 2.75) is 26.2 Å². The summed E-state index contributed by atoms with van der Waals surface area (Å²) >= 11 is 16.0. The van der Waals surface area contributed by atoms with Crippen LogP contribution in [-0.2, 0) is 12.8 Å². The van der Waals surface area contributed by atoms with Crippen LogP contribution in [-0.4, -0.2) is 17.0 Å². The Morgan fingerprint density at radius 2 is 1.86 bits per heavy atom. The van der Waals surface area contributed by atoms with E-state index in [9.17, 15) is 0 Å². The Hall–Kier alpha value is -0.840. The molecule has 6 heteroatoms. The molecule has 0 saturated heterocycles. The number of anilines is 1. The van der Waals surface area contributed by atoms with Gasteiger partial charge in [-0.1, -0.05) is 42.6 Å². The zero-order valence-corrected chi connectivity index (χ0v) is 15.0. The van der Waals surface area contributed by atoms with Crippen LogP contribution in [0.2, 0.25) is 10.0 Å². The summed E-state index contributed by atoms with van der Waals surface area (Å²) in [6.45, 7) is 2.12. The number of nitrogens with zero attached hydrogens (tertiary/aromatic N) is 2. The van der Waals surface area contributed by atoms with Gasteiger partial charge in [0.2, 0.25) is 0 Å². The van der Waals surface area contributed by atoms with Crippen LogP contribution in [0, 0.1) is 0 Å². The van der Waals surface area contributed by atoms with Crippen molar-refractivity contribution in [3.63, 3.8) is 0 Å². The topological polar surface area (TPSA) is 37.8 Å². The van der Waals surface area contributed by atoms with E-state index in [1.54, 1.807) is 0 Å². The first-order chi connectivity index (χ1) is 10.1. The summed E-state index contributed by atoms with van der Waals surface area (Å²) in [4.78, 5) is 9.16. The van der Waals surface area contributed by atoms with Crippen LogP contribution in [0.15, 0.2) is 22.7 Å². The molecular weight excluding hydrogens is 373 g/mol. The number of rotatable bonds is 5. The van der Waals surface area contributed by atoms with Crippen molar-refractivity contribution >= 4 is 44.9 Å². The maximum Gasteiger partial charge on any atom is 0.144 e. The van der Waals surface area contributed by atoms with E-state index in [1.165, 1.54) is 0 Å². The molecule has 0 aliphatic rings. The third kappa shape index (κ3) is 3.87. The van der Waals surface area contributed by atoms with Crippen LogP contribution in [0.4, 0.5) is 5.82 Å². The van der Waals surface area contributed by atoms with Crippen molar-refractivity contribution < 1.29 is 0 Å². The molecule has 0 radical (unpaired) electrons. The lowest BCUT2D eigenvalue weighted by molar-refractivity contribution is 0.835. The zero-order valence-electron chi connectivity index (χ0n) is 11.9. The highest BCUT2D eigenvalue weighted by atomic mass is 79.9. The fourth-order valence-electron chi connectivity index (χ4n) is 2.05. The number of benzene rings is 1. The minimum Gasteiger partial charge on any atom is -0.372 e. The monoisotopic (exact) mass is 387 g/mol. The van der Waals surface area contributed by atoms with E-state index >= 15 is 0 Å². The van der Waals surface area contributed by atoms with E-state index < -0.39 is 0 Å². The molecule has 0 spiro atoms. The summed E-state index contributed by atoms with van der Waals surface area (Å²) in [5.74, 6) is 1.49. The first-order valence-electron chi connectivity index (χ1n) is 6.72. The van der Waals surface area contributed by atoms with Gasteiger partial charge in [0.1, 0.15) is 11.6 Å². The minimum atomic E-state index is 0.511. The summed E-state index contributed by atoms with van der Waals surface area (Å²) in [5, 5.41) is 4.36. The SMILES string of the molecule is CCCc1nc(Cc2c(Cl)cccc2Cl)nc(NC)c1Br. The van der Waals surface area contributed by atoms with Crippen molar-refractivity contribution in [1.29, 1.82) is 0 Å². The van der Waals surface area contributed by atoms with Gasteiger partial charge in [-0.2, -0.15) is 0 Å². The van der Waals surface area contributed by atoms with Gasteiger partial charge in [0.05, 0.1) is 10.2 Å². The molecule has 0 bridgehead atoms. The average molecular weight is 389 g/mol. The Morgan fingerprint density at radius 1 is 1.19 bits per heavy atom. The van der Waals surface area contributed by atoms with Gasteiger partial charge in [-0.3, -0.25) is 0 Å². The van der Waals surface area contributed by atoms with Crippen LogP contribution < -0.4 is 5.32 Å². The lowest BCUT2D eigenvalue weighted by Crippen LogP contribution is -2.07. The largest absolute Gasteiger partial charge is 0.372 e. The first-order valence-corrected chi connectivity index (χ1v) is 8.27. The molecule has 2 aromatic rings. The Morgan fingerprint density at radius 3 is 2.43 bits per heavy atom. The quantitative estimate of drug-likeness (QED) is 0.771. The van der Waals surface area contributed by atoms with Gasteiger partial charge in [0.15, 0.2) is 0 Å². The van der Waals surface area contributed by atoms with Gasteiger partial charge in [0, 0.05) is 23.5 Å². The fourth-order valence-corrected chi connectivity index (χ4v) is 3.16. The first kappa shape index (κ1) is 16.5. The number of hydrogen-bond donors (Lipinski definition) is 1. The molecule has 1 aromatic heterocycles. The summed E-state index contributed by atoms with van der Waals surface area (Å²) in [5.41, 5.74) is 1.85. The van der Waals surface area contributed by atoms with Crippen LogP contribution in [0.1, 0.15) is 30.4 Å². The number of halogens is 3. The Bertz CT molecular complexity index is 627. The minimum absolute atomic E-state index is 0.511. The summed E-state index contributed by atoms with van der Waals surface area (Å²) in [6.07, 6.45) is 2.42. The average Bonchev–Trinajstić information content (AvgIpc) is 2.46. The van der Waals surface area contributed by atoms with Crippen molar-refractivity contribution in [2.75, 3.05) is 12.4 Å². The highest BCUT2D eigenvalue weighted by Crippen LogP contribution is 2.29. The molecule has 1 N–H and O–H groups in total. The molecule has 112 valence electrons. The lowest BCUT2D eigenvalue weighted by atomic mass is 10.1. The highest BCUT2D eigenvalue weighted by Gasteiger charge is 2.14. The van der Waals surface area contributed by atoms with Gasteiger partial charge in [-0.05, 0) is 40.0 Å². The Labute approximate surface area is 143 Å². The second kappa shape index (κ2) is 7.43. The summed E-state index contributed by atoms with van der Waals surface area (Å²) in [6, 6.07) is 5.49. The molecular formula is C15H16BrCl2N3. The van der Waals surface area contributed by atoms with Gasteiger partial charge >= 0.3 is 0 Å². The molecule has 0 atom stereocenters. The summed E-state index contributed by atoms with van der Waals surface area (Å²) < 4.78 is 0.917. The van der Waals surface area contributed by atoms with Gasteiger partial charge in [-0.15, -0.1) is 0 Å². The third-order valence-corrected chi connectivity index (χ3v) is 4.63. The van der Waals surface area contributed by atoms with E-state index in [0.717, 1.165) is 34.4 Å². The number of aryl methyl sites for hydroxylation is 1. The molecule has 0 aliphatic heterocycles. The molecule has 0 aliphatic carbocycles. The van der Waals surface area contributed by atoms with Crippen LogP contribution >= 0.6 is 39.1 Å². The fraction of sp³-hybridized carbons (Fsp3) is 0.333. The van der Waals surface area contributed by atoms with E-state index in [4.69, 9.17) is 23.2 Å². The van der Waals surface area contributed by atoms with Crippen molar-refractivity contribution in [3.8, 4) is 0 Å². The normalized spacial score (nSPS) is 10.7. The molecule has 3 nitrogen and oxygen atoms in total. The summed E-state index contributed by atoms with van der Waals surface area (Å²) in [7, 11) is 1.84. The molecule has 0 fully saturated rings. The Balaban J connectivity index is 2.42. The maximum atomic E-state index is 6.22. The van der Waals surface area contributed by atoms with Crippen LogP contribution in [0.5, 0.6) is 0 Å². The van der Waals surface area contributed by atoms with Gasteiger partial charge < -0.3 is 5.32 Å². The highest BCUT2D eigenvalue weighted by molar-refractivity contribution is 9.10. The molecule has 1 aromatic carbocycles. The lowest BCUT2D eigenvalue weighted by Gasteiger charge is -2.12. The standard InChI is InChI=1S/C15H16BrCl2N3/c1-3-5-12-14(16)15(19-2)21-13(20-12)8-9-10(17)6-4-7-11(9)18/h4,6-7H,3,5,8H2,1-2H3,(H,19,20,21). The van der Waals surface area contributed by atoms with Gasteiger partial charge in [-0.25, -0.2) is 9.97 Å². The zero-order chi connectivity index (χ0) is 15.4. The van der Waals surface area contributed by atoms with Crippen molar-refractivity contribution in [3.05, 3.63) is 49.8 Å². The second-order valence-corrected chi connectivity index (χ2v) is 6.23. The Kier molecular flexibility index (Phi) is 5.85. The molecule has 0 amide bonds. The van der Waals surface area contributed by atoms with E-state index in [0.29, 0.717) is 22.3 Å². The van der Waals surface area contributed by atoms with Gasteiger partial charge in [0.25, 0.3) is 0 Å². The van der Waals surface area contributed by atoms with Crippen molar-refractivity contribution in [1.82, 2.24) is 9.97 Å². The number of aromatic nitrogens is 2. The van der Waals surface area contributed by atoms with Crippen LogP contribution in [0.3, 0.4) is 0 Å². The maximum absolute atomic E-state index is 6.22. The number of nitrogens with one attached hydrogen (secondary N) is 1.